The van der Waals surface area contributed by atoms with Gasteiger partial charge in [0.15, 0.2) is 5.82 Å². The number of nitrogens with one attached hydrogen (secondary N) is 3. The third-order valence-electron chi connectivity index (χ3n) is 2.39. The van der Waals surface area contributed by atoms with E-state index in [1.807, 2.05) is 6.92 Å². The molecule has 1 aromatic heterocycles. The Hall–Kier alpha value is -1.40. The van der Waals surface area contributed by atoms with Gasteiger partial charge in [0, 0.05) is 24.8 Å². The molecule has 2 rings (SSSR count). The van der Waals surface area contributed by atoms with E-state index >= 15 is 0 Å². The highest BCUT2D eigenvalue weighted by Gasteiger charge is 2.17. The molecule has 0 spiro atoms. The summed E-state index contributed by atoms with van der Waals surface area (Å²) >= 11 is 0. The Morgan fingerprint density at radius 2 is 2.62 bits per heavy atom. The van der Waals surface area contributed by atoms with Crippen LogP contribution in [-0.2, 0) is 9.53 Å². The number of anilines is 1. The molecule has 1 amide bonds. The van der Waals surface area contributed by atoms with Crippen LogP contribution in [0.2, 0.25) is 0 Å². The number of aryl methyl sites for hydroxylation is 1. The van der Waals surface area contributed by atoms with Crippen molar-refractivity contribution < 1.29 is 9.53 Å². The van der Waals surface area contributed by atoms with Gasteiger partial charge < -0.3 is 15.4 Å². The molecule has 88 valence electrons. The van der Waals surface area contributed by atoms with Crippen molar-refractivity contribution in [1.82, 2.24) is 15.5 Å². The second-order valence-electron chi connectivity index (χ2n) is 3.89. The van der Waals surface area contributed by atoms with E-state index in [9.17, 15) is 4.79 Å². The predicted molar refractivity (Wildman–Crippen MR) is 59.2 cm³/mol. The van der Waals surface area contributed by atoms with E-state index in [0.717, 1.165) is 18.8 Å². The van der Waals surface area contributed by atoms with Crippen molar-refractivity contribution in [1.29, 1.82) is 0 Å². The molecule has 0 bridgehead atoms. The maximum atomic E-state index is 11.6. The van der Waals surface area contributed by atoms with Crippen LogP contribution in [0, 0.1) is 6.92 Å². The summed E-state index contributed by atoms with van der Waals surface area (Å²) < 4.78 is 5.44. The maximum absolute atomic E-state index is 11.6. The monoisotopic (exact) mass is 224 g/mol. The molecule has 1 saturated heterocycles. The summed E-state index contributed by atoms with van der Waals surface area (Å²) in [6.45, 7) is 4.14. The molecule has 1 aliphatic heterocycles. The molecule has 0 saturated carbocycles. The summed E-state index contributed by atoms with van der Waals surface area (Å²) in [5, 5.41) is 12.6. The molecule has 3 N–H and O–H groups in total. The summed E-state index contributed by atoms with van der Waals surface area (Å²) in [7, 11) is 0. The van der Waals surface area contributed by atoms with E-state index in [-0.39, 0.29) is 12.0 Å². The van der Waals surface area contributed by atoms with E-state index in [1.54, 1.807) is 6.07 Å². The topological polar surface area (TPSA) is 79.0 Å². The van der Waals surface area contributed by atoms with Gasteiger partial charge in [0.2, 0.25) is 5.91 Å². The average Bonchev–Trinajstić information content (AvgIpc) is 2.65. The van der Waals surface area contributed by atoms with Crippen LogP contribution in [0.25, 0.3) is 0 Å². The van der Waals surface area contributed by atoms with Crippen molar-refractivity contribution in [2.45, 2.75) is 19.4 Å². The van der Waals surface area contributed by atoms with Gasteiger partial charge in [-0.1, -0.05) is 0 Å². The molecule has 16 heavy (non-hydrogen) atoms. The molecule has 1 aliphatic rings. The first-order valence-electron chi connectivity index (χ1n) is 5.38. The number of carbonyl (C=O) groups excluding carboxylic acids is 1. The molecule has 0 aromatic carbocycles. The summed E-state index contributed by atoms with van der Waals surface area (Å²) in [4.78, 5) is 11.6. The van der Waals surface area contributed by atoms with Crippen LogP contribution in [0.3, 0.4) is 0 Å². The predicted octanol–water partition coefficient (Wildman–Crippen LogP) is 0.0351. The minimum atomic E-state index is -0.0693. The lowest BCUT2D eigenvalue weighted by molar-refractivity contribution is -0.119. The van der Waals surface area contributed by atoms with Crippen LogP contribution in [0.4, 0.5) is 5.82 Å². The van der Waals surface area contributed by atoms with E-state index in [1.165, 1.54) is 0 Å². The Bertz CT molecular complexity index is 357. The van der Waals surface area contributed by atoms with Crippen molar-refractivity contribution in [3.63, 3.8) is 0 Å². The van der Waals surface area contributed by atoms with E-state index < -0.39 is 0 Å². The maximum Gasteiger partial charge on any atom is 0.228 e. The largest absolute Gasteiger partial charge is 0.375 e. The zero-order valence-corrected chi connectivity index (χ0v) is 9.25. The third-order valence-corrected chi connectivity index (χ3v) is 2.39. The van der Waals surface area contributed by atoms with E-state index in [0.29, 0.717) is 18.8 Å². The molecule has 1 atom stereocenters. The lowest BCUT2D eigenvalue weighted by atomic mass is 10.2. The lowest BCUT2D eigenvalue weighted by Gasteiger charge is -2.22. The Kier molecular flexibility index (Phi) is 3.53. The lowest BCUT2D eigenvalue weighted by Crippen LogP contribution is -2.40. The number of carbonyl (C=O) groups is 1. The number of aromatic amines is 1. The first-order chi connectivity index (χ1) is 7.74. The van der Waals surface area contributed by atoms with Crippen LogP contribution in [-0.4, -0.2) is 41.9 Å². The zero-order chi connectivity index (χ0) is 11.4. The van der Waals surface area contributed by atoms with Crippen molar-refractivity contribution in [2.24, 2.45) is 0 Å². The summed E-state index contributed by atoms with van der Waals surface area (Å²) in [6.07, 6.45) is 0.326. The number of nitrogens with zero attached hydrogens (tertiary/aromatic N) is 1. The minimum absolute atomic E-state index is 0.0335. The van der Waals surface area contributed by atoms with Gasteiger partial charge in [0.25, 0.3) is 0 Å². The number of ether oxygens (including phenoxy) is 1. The molecular formula is C10H16N4O2. The minimum Gasteiger partial charge on any atom is -0.375 e. The summed E-state index contributed by atoms with van der Waals surface area (Å²) in [5.74, 6) is 0.492. The standard InChI is InChI=1S/C10H16N4O2/c1-7-4-9(14-13-7)12-10(15)5-8-6-11-2-3-16-8/h4,8,11H,2-3,5-6H2,1H3,(H2,12,13,14,15). The van der Waals surface area contributed by atoms with E-state index in [4.69, 9.17) is 4.74 Å². The van der Waals surface area contributed by atoms with Gasteiger partial charge in [0.1, 0.15) is 0 Å². The molecule has 6 heteroatoms. The highest BCUT2D eigenvalue weighted by atomic mass is 16.5. The number of aromatic nitrogens is 2. The fraction of sp³-hybridized carbons (Fsp3) is 0.600. The zero-order valence-electron chi connectivity index (χ0n) is 9.25. The van der Waals surface area contributed by atoms with Gasteiger partial charge in [-0.05, 0) is 6.92 Å². The Morgan fingerprint density at radius 1 is 1.75 bits per heavy atom. The summed E-state index contributed by atoms with van der Waals surface area (Å²) in [5.41, 5.74) is 0.922. The highest BCUT2D eigenvalue weighted by molar-refractivity contribution is 5.90. The van der Waals surface area contributed by atoms with Crippen LogP contribution < -0.4 is 10.6 Å². The third kappa shape index (κ3) is 3.04. The molecule has 2 heterocycles. The molecule has 0 radical (unpaired) electrons. The molecule has 1 unspecified atom stereocenters. The number of rotatable bonds is 3. The first kappa shape index (κ1) is 11.1. The summed E-state index contributed by atoms with van der Waals surface area (Å²) in [6, 6.07) is 1.79. The number of hydrogen-bond acceptors (Lipinski definition) is 4. The van der Waals surface area contributed by atoms with Gasteiger partial charge in [-0.15, -0.1) is 0 Å². The molecular weight excluding hydrogens is 208 g/mol. The first-order valence-corrected chi connectivity index (χ1v) is 5.38. The Balaban J connectivity index is 1.79. The quantitative estimate of drug-likeness (QED) is 0.677. The van der Waals surface area contributed by atoms with Gasteiger partial charge in [0.05, 0.1) is 19.1 Å². The molecule has 6 nitrogen and oxygen atoms in total. The second-order valence-corrected chi connectivity index (χ2v) is 3.89. The smallest absolute Gasteiger partial charge is 0.228 e. The van der Waals surface area contributed by atoms with Gasteiger partial charge in [-0.25, -0.2) is 0 Å². The van der Waals surface area contributed by atoms with Gasteiger partial charge >= 0.3 is 0 Å². The van der Waals surface area contributed by atoms with Crippen molar-refractivity contribution in [2.75, 3.05) is 25.0 Å². The Labute approximate surface area is 93.8 Å². The molecule has 1 aromatic rings. The normalized spacial score (nSPS) is 20.7. The fourth-order valence-electron chi connectivity index (χ4n) is 1.63. The highest BCUT2D eigenvalue weighted by Crippen LogP contribution is 2.07. The Morgan fingerprint density at radius 3 is 3.25 bits per heavy atom. The van der Waals surface area contributed by atoms with Gasteiger partial charge in [-0.2, -0.15) is 5.10 Å². The number of morpholine rings is 1. The molecule has 0 aliphatic carbocycles. The van der Waals surface area contributed by atoms with Crippen molar-refractivity contribution >= 4 is 11.7 Å². The van der Waals surface area contributed by atoms with E-state index in [2.05, 4.69) is 20.8 Å². The molecule has 1 fully saturated rings. The number of hydrogen-bond donors (Lipinski definition) is 3. The number of amides is 1. The van der Waals surface area contributed by atoms with Crippen LogP contribution >= 0.6 is 0 Å². The van der Waals surface area contributed by atoms with Crippen LogP contribution in [0.15, 0.2) is 6.07 Å². The second kappa shape index (κ2) is 5.09. The van der Waals surface area contributed by atoms with Crippen LogP contribution in [0.1, 0.15) is 12.1 Å². The van der Waals surface area contributed by atoms with Crippen LogP contribution in [0.5, 0.6) is 0 Å². The van der Waals surface area contributed by atoms with Crippen molar-refractivity contribution in [3.05, 3.63) is 11.8 Å². The number of H-pyrrole nitrogens is 1. The fourth-order valence-corrected chi connectivity index (χ4v) is 1.63. The average molecular weight is 224 g/mol. The van der Waals surface area contributed by atoms with Gasteiger partial charge in [-0.3, -0.25) is 9.89 Å². The SMILES string of the molecule is Cc1cc(NC(=O)CC2CNCCO2)n[nH]1. The van der Waals surface area contributed by atoms with Crippen molar-refractivity contribution in [3.8, 4) is 0 Å².